The summed E-state index contributed by atoms with van der Waals surface area (Å²) in [6.07, 6.45) is 5.18. The third kappa shape index (κ3) is 2.29. The van der Waals surface area contributed by atoms with E-state index in [1.165, 1.54) is 11.1 Å². The van der Waals surface area contributed by atoms with Crippen LogP contribution in [-0.2, 0) is 23.2 Å². The van der Waals surface area contributed by atoms with Gasteiger partial charge >= 0.3 is 0 Å². The van der Waals surface area contributed by atoms with Crippen LogP contribution in [0.2, 0.25) is 0 Å². The van der Waals surface area contributed by atoms with Crippen LogP contribution in [0, 0.1) is 5.92 Å². The van der Waals surface area contributed by atoms with Crippen molar-refractivity contribution in [2.75, 3.05) is 13.6 Å². The van der Waals surface area contributed by atoms with Crippen LogP contribution in [0.15, 0.2) is 24.3 Å². The first-order valence-corrected chi connectivity index (χ1v) is 9.31. The number of aromatic hydroxyl groups is 1. The van der Waals surface area contributed by atoms with Gasteiger partial charge in [-0.15, -0.1) is 0 Å². The Kier molecular flexibility index (Phi) is 3.93. The van der Waals surface area contributed by atoms with Crippen LogP contribution >= 0.6 is 0 Å². The fourth-order valence-electron chi connectivity index (χ4n) is 5.24. The summed E-state index contributed by atoms with van der Waals surface area (Å²) in [4.78, 5) is 2.43. The second-order valence-corrected chi connectivity index (χ2v) is 7.62. The molecule has 0 unspecified atom stereocenters. The molecule has 2 bridgehead atoms. The van der Waals surface area contributed by atoms with Gasteiger partial charge < -0.3 is 19.8 Å². The van der Waals surface area contributed by atoms with Crippen molar-refractivity contribution in [3.8, 4) is 11.5 Å². The summed E-state index contributed by atoms with van der Waals surface area (Å²) < 4.78 is 28.9. The molecule has 4 N–H and O–H groups in total. The molecule has 2 aliphatic carbocycles. The van der Waals surface area contributed by atoms with Crippen molar-refractivity contribution in [3.63, 3.8) is 0 Å². The Hall–Kier alpha value is -1.45. The van der Waals surface area contributed by atoms with E-state index in [9.17, 15) is 10.2 Å². The predicted molar refractivity (Wildman–Crippen MR) is 91.0 cm³/mol. The standard InChI is InChI=1S/C17H19NO3.H2O3S/c1-18-7-6-17-10-3-5-13(20)16(17)21-15-12(19)4-2-9(14(15)17)8-11(10)18;1-4(2)3/h2-5,10-11,13,16,19-20H,6-8H2,1H3;(H2,1,2,3)/t10-,11+,13-,16-,17-;/m0./s1. The molecule has 0 saturated carbocycles. The van der Waals surface area contributed by atoms with Gasteiger partial charge in [-0.1, -0.05) is 18.2 Å². The minimum absolute atomic E-state index is 0.160. The first kappa shape index (κ1) is 17.0. The van der Waals surface area contributed by atoms with Crippen molar-refractivity contribution in [3.05, 3.63) is 35.4 Å². The molecule has 5 atom stereocenters. The van der Waals surface area contributed by atoms with Crippen LogP contribution in [0.25, 0.3) is 0 Å². The molecule has 25 heavy (non-hydrogen) atoms. The van der Waals surface area contributed by atoms with Crippen molar-refractivity contribution >= 4 is 11.4 Å². The van der Waals surface area contributed by atoms with Gasteiger partial charge in [0.1, 0.15) is 12.2 Å². The van der Waals surface area contributed by atoms with Crippen molar-refractivity contribution in [1.29, 1.82) is 0 Å². The number of benzene rings is 1. The lowest BCUT2D eigenvalue weighted by molar-refractivity contribution is -0.0453. The van der Waals surface area contributed by atoms with Gasteiger partial charge in [0, 0.05) is 22.9 Å². The molecule has 0 aromatic heterocycles. The number of hydrogen-bond donors (Lipinski definition) is 4. The van der Waals surface area contributed by atoms with Crippen molar-refractivity contribution in [2.24, 2.45) is 5.92 Å². The minimum atomic E-state index is -2.61. The fraction of sp³-hybridized carbons (Fsp3) is 0.529. The molecule has 136 valence electrons. The van der Waals surface area contributed by atoms with E-state index in [1.807, 2.05) is 12.1 Å². The van der Waals surface area contributed by atoms with E-state index in [1.54, 1.807) is 6.07 Å². The zero-order valence-electron chi connectivity index (χ0n) is 13.7. The molecule has 1 fully saturated rings. The fourth-order valence-corrected chi connectivity index (χ4v) is 5.24. The highest BCUT2D eigenvalue weighted by Crippen LogP contribution is 2.62. The lowest BCUT2D eigenvalue weighted by Gasteiger charge is -2.56. The topological polar surface area (TPSA) is 110 Å². The Morgan fingerprint density at radius 1 is 1.32 bits per heavy atom. The van der Waals surface area contributed by atoms with Gasteiger partial charge in [-0.3, -0.25) is 9.11 Å². The van der Waals surface area contributed by atoms with Gasteiger partial charge in [0.25, 0.3) is 11.4 Å². The predicted octanol–water partition coefficient (Wildman–Crippen LogP) is 0.879. The van der Waals surface area contributed by atoms with Gasteiger partial charge in [0.2, 0.25) is 0 Å². The first-order valence-electron chi connectivity index (χ1n) is 8.25. The van der Waals surface area contributed by atoms with Crippen LogP contribution < -0.4 is 4.74 Å². The Labute approximate surface area is 148 Å². The molecule has 1 aromatic carbocycles. The van der Waals surface area contributed by atoms with Crippen molar-refractivity contribution in [1.82, 2.24) is 4.90 Å². The Bertz CT molecular complexity index is 764. The van der Waals surface area contributed by atoms with Crippen LogP contribution in [-0.4, -0.2) is 60.3 Å². The van der Waals surface area contributed by atoms with Crippen LogP contribution in [0.4, 0.5) is 0 Å². The summed E-state index contributed by atoms with van der Waals surface area (Å²) in [5, 5.41) is 20.6. The number of rotatable bonds is 0. The average Bonchev–Trinajstić information content (AvgIpc) is 2.90. The molecule has 5 rings (SSSR count). The van der Waals surface area contributed by atoms with E-state index in [0.29, 0.717) is 17.7 Å². The maximum Gasteiger partial charge on any atom is 0.299 e. The third-order valence-electron chi connectivity index (χ3n) is 6.15. The molecule has 2 heterocycles. The Balaban J connectivity index is 0.000000358. The highest BCUT2D eigenvalue weighted by molar-refractivity contribution is 7.73. The molecule has 1 spiro atoms. The number of nitrogens with zero attached hydrogens (tertiary/aromatic N) is 1. The number of phenols is 1. The maximum atomic E-state index is 10.4. The highest BCUT2D eigenvalue weighted by Gasteiger charge is 2.64. The molecule has 0 amide bonds. The number of piperidine rings is 1. The van der Waals surface area contributed by atoms with E-state index in [0.717, 1.165) is 19.4 Å². The monoisotopic (exact) mass is 367 g/mol. The van der Waals surface area contributed by atoms with Crippen LogP contribution in [0.5, 0.6) is 11.5 Å². The zero-order chi connectivity index (χ0) is 17.9. The normalized spacial score (nSPS) is 37.2. The number of phenolic OH excluding ortho intramolecular Hbond substituents is 1. The summed E-state index contributed by atoms with van der Waals surface area (Å²) in [5.41, 5.74) is 2.29. The summed E-state index contributed by atoms with van der Waals surface area (Å²) in [7, 11) is 2.19. The van der Waals surface area contributed by atoms with Crippen LogP contribution in [0.3, 0.4) is 0 Å². The lowest BCUT2D eigenvalue weighted by atomic mass is 9.53. The van der Waals surface area contributed by atoms with E-state index in [4.69, 9.17) is 18.1 Å². The number of likely N-dealkylation sites (tertiary alicyclic amines) is 1. The van der Waals surface area contributed by atoms with E-state index < -0.39 is 17.5 Å². The smallest absolute Gasteiger partial charge is 0.299 e. The number of hydrogen-bond acceptors (Lipinski definition) is 5. The quantitative estimate of drug-likeness (QED) is 0.398. The molecule has 8 heteroatoms. The van der Waals surface area contributed by atoms with Crippen LogP contribution in [0.1, 0.15) is 17.5 Å². The summed E-state index contributed by atoms with van der Waals surface area (Å²) in [6, 6.07) is 4.23. The number of aliphatic hydroxyl groups is 1. The van der Waals surface area contributed by atoms with E-state index >= 15 is 0 Å². The van der Waals surface area contributed by atoms with Crippen molar-refractivity contribution < 1.29 is 28.3 Å². The van der Waals surface area contributed by atoms with Gasteiger partial charge in [0.05, 0.1) is 0 Å². The van der Waals surface area contributed by atoms with Gasteiger partial charge in [0.15, 0.2) is 11.5 Å². The molecule has 4 aliphatic rings. The minimum Gasteiger partial charge on any atom is -0.504 e. The van der Waals surface area contributed by atoms with E-state index in [-0.39, 0.29) is 17.3 Å². The largest absolute Gasteiger partial charge is 0.504 e. The second kappa shape index (κ2) is 5.78. The molecule has 2 aliphatic heterocycles. The molecule has 7 nitrogen and oxygen atoms in total. The second-order valence-electron chi connectivity index (χ2n) is 7.16. The molecule has 1 aromatic rings. The van der Waals surface area contributed by atoms with Gasteiger partial charge in [-0.2, -0.15) is 4.21 Å². The average molecular weight is 367 g/mol. The molecule has 0 radical (unpaired) electrons. The van der Waals surface area contributed by atoms with E-state index in [2.05, 4.69) is 18.0 Å². The number of likely N-dealkylation sites (N-methyl/N-ethyl adjacent to an activating group) is 1. The zero-order valence-corrected chi connectivity index (χ0v) is 14.5. The summed E-state index contributed by atoms with van der Waals surface area (Å²) in [6.45, 7) is 1.01. The number of aliphatic hydroxyl groups excluding tert-OH is 1. The Morgan fingerprint density at radius 3 is 2.76 bits per heavy atom. The Morgan fingerprint density at radius 2 is 2.04 bits per heavy atom. The highest BCUT2D eigenvalue weighted by atomic mass is 32.2. The summed E-state index contributed by atoms with van der Waals surface area (Å²) >= 11 is -2.61. The first-order chi connectivity index (χ1) is 11.9. The third-order valence-corrected chi connectivity index (χ3v) is 6.15. The maximum absolute atomic E-state index is 10.4. The lowest BCUT2D eigenvalue weighted by Crippen LogP contribution is -2.64. The molecular weight excluding hydrogens is 346 g/mol. The molecule has 1 saturated heterocycles. The SMILES string of the molecule is CN1CC[C@]23c4c5ccc(O)c4O[C@H]2[C@@H](O)C=C[C@H]3[C@H]1C5.O=S(O)O. The number of ether oxygens (including phenoxy) is 1. The van der Waals surface area contributed by atoms with Gasteiger partial charge in [-0.05, 0) is 38.1 Å². The van der Waals surface area contributed by atoms with Gasteiger partial charge in [-0.25, -0.2) is 0 Å². The molecular formula is C17H21NO6S. The van der Waals surface area contributed by atoms with Crippen molar-refractivity contribution in [2.45, 2.75) is 36.5 Å². The summed E-state index contributed by atoms with van der Waals surface area (Å²) in [5.74, 6) is 1.19.